The molecule has 2 fully saturated rings. The molecule has 0 spiro atoms. The summed E-state index contributed by atoms with van der Waals surface area (Å²) in [5.41, 5.74) is -0.425. The van der Waals surface area contributed by atoms with Crippen LogP contribution in [0.15, 0.2) is 0 Å². The number of fused-ring (bicyclic) bond motifs is 2. The van der Waals surface area contributed by atoms with Crippen LogP contribution >= 0.6 is 10.7 Å². The molecule has 2 bridgehead atoms. The Balaban J connectivity index is 2.13. The van der Waals surface area contributed by atoms with E-state index in [-0.39, 0.29) is 5.75 Å². The summed E-state index contributed by atoms with van der Waals surface area (Å²) in [4.78, 5) is 0. The molecule has 2 aliphatic heterocycles. The van der Waals surface area contributed by atoms with Crippen LogP contribution in [-0.2, 0) is 13.8 Å². The first-order valence-corrected chi connectivity index (χ1v) is 6.57. The normalized spacial score (nSPS) is 40.6. The van der Waals surface area contributed by atoms with Gasteiger partial charge in [-0.3, -0.25) is 0 Å². The molecule has 3 nitrogen and oxygen atoms in total. The number of hydrogen-bond acceptors (Lipinski definition) is 3. The number of hydrogen-bond donors (Lipinski definition) is 0. The topological polar surface area (TPSA) is 43.4 Å². The summed E-state index contributed by atoms with van der Waals surface area (Å²) in [6, 6.07) is 0. The zero-order valence-electron chi connectivity index (χ0n) is 6.62. The third-order valence-corrected chi connectivity index (χ3v) is 3.89. The van der Waals surface area contributed by atoms with Crippen LogP contribution < -0.4 is 0 Å². The van der Waals surface area contributed by atoms with Crippen LogP contribution in [0.1, 0.15) is 25.7 Å². The van der Waals surface area contributed by atoms with E-state index in [9.17, 15) is 8.42 Å². The molecule has 5 heteroatoms. The molecule has 2 saturated heterocycles. The Morgan fingerprint density at radius 3 is 2.33 bits per heavy atom. The SMILES string of the molecule is O=S(=O)(Cl)CC12CCC(CC1)O2. The average Bonchev–Trinajstić information content (AvgIpc) is 2.40. The van der Waals surface area contributed by atoms with Gasteiger partial charge in [-0.15, -0.1) is 0 Å². The first kappa shape index (κ1) is 8.78. The molecule has 0 unspecified atom stereocenters. The first-order chi connectivity index (χ1) is 5.49. The van der Waals surface area contributed by atoms with Crippen molar-refractivity contribution in [3.05, 3.63) is 0 Å². The molecule has 0 radical (unpaired) electrons. The lowest BCUT2D eigenvalue weighted by molar-refractivity contribution is 0.0311. The van der Waals surface area contributed by atoms with E-state index in [4.69, 9.17) is 15.4 Å². The van der Waals surface area contributed by atoms with E-state index in [1.54, 1.807) is 0 Å². The van der Waals surface area contributed by atoms with Gasteiger partial charge in [0.05, 0.1) is 17.5 Å². The lowest BCUT2D eigenvalue weighted by Crippen LogP contribution is -2.32. The van der Waals surface area contributed by atoms with Crippen molar-refractivity contribution in [2.45, 2.75) is 37.4 Å². The van der Waals surface area contributed by atoms with Crippen LogP contribution in [0.5, 0.6) is 0 Å². The average molecular weight is 211 g/mol. The van der Waals surface area contributed by atoms with E-state index < -0.39 is 14.7 Å². The molecule has 0 N–H and O–H groups in total. The molecule has 0 aliphatic carbocycles. The Bertz CT molecular complexity index is 277. The van der Waals surface area contributed by atoms with Gasteiger partial charge in [0.1, 0.15) is 0 Å². The fourth-order valence-electron chi connectivity index (χ4n) is 2.20. The highest BCUT2D eigenvalue weighted by Gasteiger charge is 2.48. The predicted octanol–water partition coefficient (Wildman–Crippen LogP) is 1.27. The highest BCUT2D eigenvalue weighted by molar-refractivity contribution is 8.13. The van der Waals surface area contributed by atoms with Crippen LogP contribution in [0.25, 0.3) is 0 Å². The molecule has 0 aromatic rings. The minimum Gasteiger partial charge on any atom is -0.371 e. The molecule has 2 heterocycles. The van der Waals surface area contributed by atoms with Gasteiger partial charge < -0.3 is 4.74 Å². The lowest BCUT2D eigenvalue weighted by atomic mass is 9.90. The van der Waals surface area contributed by atoms with Gasteiger partial charge in [0.25, 0.3) is 0 Å². The Kier molecular flexibility index (Phi) is 1.90. The zero-order valence-corrected chi connectivity index (χ0v) is 8.20. The van der Waals surface area contributed by atoms with E-state index >= 15 is 0 Å². The highest BCUT2D eigenvalue weighted by atomic mass is 35.7. The van der Waals surface area contributed by atoms with Crippen LogP contribution in [0.3, 0.4) is 0 Å². The van der Waals surface area contributed by atoms with Crippen LogP contribution in [-0.4, -0.2) is 25.9 Å². The summed E-state index contributed by atoms with van der Waals surface area (Å²) in [7, 11) is 1.79. The van der Waals surface area contributed by atoms with Gasteiger partial charge in [0, 0.05) is 10.7 Å². The largest absolute Gasteiger partial charge is 0.371 e. The second kappa shape index (κ2) is 2.59. The third-order valence-electron chi connectivity index (χ3n) is 2.70. The van der Waals surface area contributed by atoms with E-state index in [1.165, 1.54) is 0 Å². The summed E-state index contributed by atoms with van der Waals surface area (Å²) in [5.74, 6) is -0.0158. The molecule has 0 aromatic carbocycles. The second-order valence-electron chi connectivity index (χ2n) is 3.68. The van der Waals surface area contributed by atoms with Crippen LogP contribution in [0.4, 0.5) is 0 Å². The maximum atomic E-state index is 10.9. The van der Waals surface area contributed by atoms with Gasteiger partial charge in [-0.25, -0.2) is 8.42 Å². The molecule has 0 aromatic heterocycles. The van der Waals surface area contributed by atoms with Crippen molar-refractivity contribution in [2.75, 3.05) is 5.75 Å². The first-order valence-electron chi connectivity index (χ1n) is 4.09. The molecular weight excluding hydrogens is 200 g/mol. The monoisotopic (exact) mass is 210 g/mol. The smallest absolute Gasteiger partial charge is 0.235 e. The summed E-state index contributed by atoms with van der Waals surface area (Å²) in [6.45, 7) is 0. The maximum Gasteiger partial charge on any atom is 0.235 e. The van der Waals surface area contributed by atoms with Crippen LogP contribution in [0, 0.1) is 0 Å². The minimum atomic E-state index is -3.40. The minimum absolute atomic E-state index is 0.0158. The van der Waals surface area contributed by atoms with Gasteiger partial charge in [0.2, 0.25) is 9.05 Å². The third kappa shape index (κ3) is 1.60. The highest BCUT2D eigenvalue weighted by Crippen LogP contribution is 2.44. The van der Waals surface area contributed by atoms with E-state index in [0.717, 1.165) is 25.7 Å². The van der Waals surface area contributed by atoms with E-state index in [2.05, 4.69) is 0 Å². The fraction of sp³-hybridized carbons (Fsp3) is 1.00. The van der Waals surface area contributed by atoms with Gasteiger partial charge in [0.15, 0.2) is 0 Å². The maximum absolute atomic E-state index is 10.9. The number of halogens is 1. The fourth-order valence-corrected chi connectivity index (χ4v) is 3.78. The predicted molar refractivity (Wildman–Crippen MR) is 45.7 cm³/mol. The zero-order chi connectivity index (χ0) is 8.82. The molecule has 0 atom stereocenters. The van der Waals surface area contributed by atoms with Crippen molar-refractivity contribution < 1.29 is 13.2 Å². The Hall–Kier alpha value is 0.200. The van der Waals surface area contributed by atoms with Crippen molar-refractivity contribution in [3.63, 3.8) is 0 Å². The van der Waals surface area contributed by atoms with Crippen molar-refractivity contribution in [1.82, 2.24) is 0 Å². The van der Waals surface area contributed by atoms with Crippen molar-refractivity contribution in [3.8, 4) is 0 Å². The molecule has 0 amide bonds. The van der Waals surface area contributed by atoms with Crippen molar-refractivity contribution >= 4 is 19.7 Å². The number of ether oxygens (including phenoxy) is 1. The summed E-state index contributed by atoms with van der Waals surface area (Å²) in [6.07, 6.45) is 3.98. The summed E-state index contributed by atoms with van der Waals surface area (Å²) < 4.78 is 27.3. The van der Waals surface area contributed by atoms with E-state index in [1.807, 2.05) is 0 Å². The summed E-state index contributed by atoms with van der Waals surface area (Å²) >= 11 is 0. The van der Waals surface area contributed by atoms with Crippen LogP contribution in [0.2, 0.25) is 0 Å². The molecule has 2 aliphatic rings. The standard InChI is InChI=1S/C7H11ClO3S/c8-12(9,10)5-7-3-1-6(11-7)2-4-7/h6H,1-5H2. The second-order valence-corrected chi connectivity index (χ2v) is 6.46. The Labute approximate surface area is 76.5 Å². The molecule has 2 rings (SSSR count). The molecule has 70 valence electrons. The summed E-state index contributed by atoms with van der Waals surface area (Å²) in [5, 5.41) is 0. The quantitative estimate of drug-likeness (QED) is 0.645. The van der Waals surface area contributed by atoms with Gasteiger partial charge >= 0.3 is 0 Å². The Morgan fingerprint density at radius 2 is 2.00 bits per heavy atom. The Morgan fingerprint density at radius 1 is 1.42 bits per heavy atom. The lowest BCUT2D eigenvalue weighted by Gasteiger charge is -2.21. The van der Waals surface area contributed by atoms with Gasteiger partial charge in [-0.1, -0.05) is 0 Å². The van der Waals surface area contributed by atoms with Crippen molar-refractivity contribution in [2.24, 2.45) is 0 Å². The molecule has 12 heavy (non-hydrogen) atoms. The van der Waals surface area contributed by atoms with Gasteiger partial charge in [-0.05, 0) is 25.7 Å². The van der Waals surface area contributed by atoms with Crippen molar-refractivity contribution in [1.29, 1.82) is 0 Å². The molecular formula is C7H11ClO3S. The number of rotatable bonds is 2. The van der Waals surface area contributed by atoms with E-state index in [0.29, 0.717) is 6.10 Å². The molecule has 0 saturated carbocycles. The van der Waals surface area contributed by atoms with Gasteiger partial charge in [-0.2, -0.15) is 0 Å².